The Hall–Kier alpha value is -1.47. The molecule has 4 nitrogen and oxygen atoms in total. The number of fused-ring (bicyclic) bond motifs is 1. The number of hydrogen-bond donors (Lipinski definition) is 2. The molecule has 2 aromatic heterocycles. The van der Waals surface area contributed by atoms with Crippen LogP contribution in [-0.4, -0.2) is 16.1 Å². The summed E-state index contributed by atoms with van der Waals surface area (Å²) in [5.74, 6) is -0.539. The molecule has 0 amide bonds. The van der Waals surface area contributed by atoms with Gasteiger partial charge in [-0.15, -0.1) is 23.1 Å². The molecule has 0 aliphatic heterocycles. The zero-order chi connectivity index (χ0) is 17.4. The van der Waals surface area contributed by atoms with Crippen LogP contribution < -0.4 is 5.56 Å². The third-order valence-corrected chi connectivity index (χ3v) is 6.73. The van der Waals surface area contributed by atoms with Crippen molar-refractivity contribution >= 4 is 62.5 Å². The average Bonchev–Trinajstić information content (AvgIpc) is 2.83. The number of halogens is 2. The van der Waals surface area contributed by atoms with E-state index in [0.29, 0.717) is 26.2 Å². The smallest absolute Gasteiger partial charge is 0.346 e. The maximum absolute atomic E-state index is 11.9. The highest BCUT2D eigenvalue weighted by atomic mass is 35.5. The van der Waals surface area contributed by atoms with E-state index >= 15 is 0 Å². The van der Waals surface area contributed by atoms with E-state index in [2.05, 4.69) is 4.98 Å². The number of thioether (sulfide) groups is 1. The second-order valence-electron chi connectivity index (χ2n) is 5.06. The largest absolute Gasteiger partial charge is 0.477 e. The molecule has 0 spiro atoms. The molecule has 124 valence electrons. The van der Waals surface area contributed by atoms with Crippen molar-refractivity contribution < 1.29 is 9.90 Å². The fraction of sp³-hybridized carbons (Fsp3) is 0.125. The number of aromatic nitrogens is 1. The van der Waals surface area contributed by atoms with Crippen molar-refractivity contribution in [1.82, 2.24) is 4.98 Å². The molecule has 1 aromatic carbocycles. The number of aromatic amines is 1. The topological polar surface area (TPSA) is 70.2 Å². The van der Waals surface area contributed by atoms with Crippen LogP contribution in [0, 0.1) is 6.92 Å². The third-order valence-electron chi connectivity index (χ3n) is 3.50. The van der Waals surface area contributed by atoms with Crippen molar-refractivity contribution in [2.75, 3.05) is 0 Å². The van der Waals surface area contributed by atoms with Gasteiger partial charge in [0.25, 0.3) is 0 Å². The molecule has 0 atom stereocenters. The Morgan fingerprint density at radius 3 is 2.62 bits per heavy atom. The maximum Gasteiger partial charge on any atom is 0.346 e. The number of pyridine rings is 1. The van der Waals surface area contributed by atoms with Crippen molar-refractivity contribution in [3.05, 3.63) is 60.7 Å². The first-order valence-corrected chi connectivity index (χ1v) is 9.39. The fourth-order valence-electron chi connectivity index (χ4n) is 2.45. The fourth-order valence-corrected chi connectivity index (χ4v) is 5.20. The van der Waals surface area contributed by atoms with Gasteiger partial charge in [-0.2, -0.15) is 0 Å². The first-order chi connectivity index (χ1) is 11.4. The first-order valence-electron chi connectivity index (χ1n) is 6.84. The van der Waals surface area contributed by atoms with Gasteiger partial charge in [0.2, 0.25) is 5.56 Å². The Balaban J connectivity index is 2.06. The average molecular weight is 400 g/mol. The Morgan fingerprint density at radius 1 is 1.33 bits per heavy atom. The molecular weight excluding hydrogens is 389 g/mol. The SMILES string of the molecule is Cc1c(C(=O)O)sc2[nH]c(=O)cc(CSc3c(Cl)cccc3Cl)c12. The summed E-state index contributed by atoms with van der Waals surface area (Å²) in [6.45, 7) is 1.75. The minimum Gasteiger partial charge on any atom is -0.477 e. The summed E-state index contributed by atoms with van der Waals surface area (Å²) >= 11 is 14.8. The quantitative estimate of drug-likeness (QED) is 0.591. The number of benzene rings is 1. The number of aryl methyl sites for hydroxylation is 1. The number of hydrogen-bond acceptors (Lipinski definition) is 4. The first kappa shape index (κ1) is 17.4. The molecule has 0 aliphatic rings. The van der Waals surface area contributed by atoms with Gasteiger partial charge < -0.3 is 10.1 Å². The molecule has 3 rings (SSSR count). The molecule has 3 aromatic rings. The third kappa shape index (κ3) is 3.19. The van der Waals surface area contributed by atoms with Crippen LogP contribution in [0.1, 0.15) is 20.8 Å². The van der Waals surface area contributed by atoms with Crippen LogP contribution in [0.5, 0.6) is 0 Å². The lowest BCUT2D eigenvalue weighted by atomic mass is 10.1. The Morgan fingerprint density at radius 2 is 2.00 bits per heavy atom. The molecule has 0 saturated carbocycles. The van der Waals surface area contributed by atoms with Gasteiger partial charge in [-0.05, 0) is 30.2 Å². The summed E-state index contributed by atoms with van der Waals surface area (Å²) in [5.41, 5.74) is 1.15. The van der Waals surface area contributed by atoms with E-state index in [1.807, 2.05) is 0 Å². The van der Waals surface area contributed by atoms with E-state index in [-0.39, 0.29) is 10.4 Å². The van der Waals surface area contributed by atoms with Crippen molar-refractivity contribution in [1.29, 1.82) is 0 Å². The molecule has 0 bridgehead atoms. The summed E-state index contributed by atoms with van der Waals surface area (Å²) in [6, 6.07) is 6.76. The lowest BCUT2D eigenvalue weighted by Crippen LogP contribution is -2.05. The van der Waals surface area contributed by atoms with Gasteiger partial charge >= 0.3 is 5.97 Å². The Bertz CT molecular complexity index is 990. The highest BCUT2D eigenvalue weighted by Crippen LogP contribution is 2.38. The summed E-state index contributed by atoms with van der Waals surface area (Å²) in [4.78, 5) is 27.5. The monoisotopic (exact) mass is 399 g/mol. The molecule has 24 heavy (non-hydrogen) atoms. The van der Waals surface area contributed by atoms with Crippen LogP contribution in [0.25, 0.3) is 10.2 Å². The zero-order valence-electron chi connectivity index (χ0n) is 12.4. The van der Waals surface area contributed by atoms with Crippen LogP contribution in [-0.2, 0) is 5.75 Å². The van der Waals surface area contributed by atoms with Crippen LogP contribution in [0.4, 0.5) is 0 Å². The van der Waals surface area contributed by atoms with Gasteiger partial charge in [0.15, 0.2) is 0 Å². The standard InChI is InChI=1S/C16H11Cl2NO3S2/c1-7-12-8(6-23-14-9(17)3-2-4-10(14)18)5-11(20)19-15(12)24-13(7)16(21)22/h2-5H,6H2,1H3,(H,19,20)(H,21,22). The number of rotatable bonds is 4. The van der Waals surface area contributed by atoms with Gasteiger partial charge in [0.05, 0.1) is 10.0 Å². The van der Waals surface area contributed by atoms with E-state index in [1.165, 1.54) is 17.8 Å². The van der Waals surface area contributed by atoms with Crippen LogP contribution in [0.15, 0.2) is 34.0 Å². The second kappa shape index (κ2) is 6.80. The molecule has 8 heteroatoms. The van der Waals surface area contributed by atoms with E-state index in [4.69, 9.17) is 23.2 Å². The van der Waals surface area contributed by atoms with E-state index in [0.717, 1.165) is 27.2 Å². The lowest BCUT2D eigenvalue weighted by Gasteiger charge is -2.08. The van der Waals surface area contributed by atoms with Gasteiger partial charge in [-0.25, -0.2) is 4.79 Å². The lowest BCUT2D eigenvalue weighted by molar-refractivity contribution is 0.0701. The summed E-state index contributed by atoms with van der Waals surface area (Å²) < 4.78 is 0. The minimum absolute atomic E-state index is 0.230. The van der Waals surface area contributed by atoms with Crippen LogP contribution >= 0.6 is 46.3 Å². The van der Waals surface area contributed by atoms with Crippen molar-refractivity contribution in [2.24, 2.45) is 0 Å². The molecule has 0 unspecified atom stereocenters. The van der Waals surface area contributed by atoms with E-state index in [9.17, 15) is 14.7 Å². The van der Waals surface area contributed by atoms with Crippen molar-refractivity contribution in [3.8, 4) is 0 Å². The number of carboxylic acids is 1. The van der Waals surface area contributed by atoms with Gasteiger partial charge in [-0.1, -0.05) is 29.3 Å². The number of carbonyl (C=O) groups is 1. The number of carboxylic acid groups (broad SMARTS) is 1. The number of thiophene rings is 1. The van der Waals surface area contributed by atoms with Crippen LogP contribution in [0.3, 0.4) is 0 Å². The summed E-state index contributed by atoms with van der Waals surface area (Å²) in [7, 11) is 0. The normalized spacial score (nSPS) is 11.1. The van der Waals surface area contributed by atoms with Crippen molar-refractivity contribution in [2.45, 2.75) is 17.6 Å². The van der Waals surface area contributed by atoms with Crippen LogP contribution in [0.2, 0.25) is 10.0 Å². The predicted molar refractivity (Wildman–Crippen MR) is 100 cm³/mol. The maximum atomic E-state index is 11.9. The van der Waals surface area contributed by atoms with Gasteiger partial charge in [-0.3, -0.25) is 4.79 Å². The zero-order valence-corrected chi connectivity index (χ0v) is 15.5. The highest BCUT2D eigenvalue weighted by Gasteiger charge is 2.18. The van der Waals surface area contributed by atoms with Gasteiger partial charge in [0, 0.05) is 22.1 Å². The molecule has 2 N–H and O–H groups in total. The Kier molecular flexibility index (Phi) is 4.92. The molecule has 2 heterocycles. The Labute approximate surface area is 155 Å². The molecule has 0 radical (unpaired) electrons. The second-order valence-corrected chi connectivity index (χ2v) is 7.88. The van der Waals surface area contributed by atoms with E-state index in [1.54, 1.807) is 25.1 Å². The number of aromatic carboxylic acids is 1. The summed E-state index contributed by atoms with van der Waals surface area (Å²) in [5, 5.41) is 11.1. The van der Waals surface area contributed by atoms with Gasteiger partial charge in [0.1, 0.15) is 9.71 Å². The molecule has 0 fully saturated rings. The predicted octanol–water partition coefficient (Wildman–Crippen LogP) is 5.20. The highest BCUT2D eigenvalue weighted by molar-refractivity contribution is 7.98. The number of nitrogens with one attached hydrogen (secondary N) is 1. The van der Waals surface area contributed by atoms with Crippen molar-refractivity contribution in [3.63, 3.8) is 0 Å². The minimum atomic E-state index is -0.998. The molecule has 0 saturated heterocycles. The number of H-pyrrole nitrogens is 1. The molecular formula is C16H11Cl2NO3S2. The molecule has 0 aliphatic carbocycles. The van der Waals surface area contributed by atoms with E-state index < -0.39 is 5.97 Å². The summed E-state index contributed by atoms with van der Waals surface area (Å²) in [6.07, 6.45) is 0.